The number of rotatable bonds is 6. The summed E-state index contributed by atoms with van der Waals surface area (Å²) in [6, 6.07) is 11.9. The minimum atomic E-state index is -3.43. The van der Waals surface area contributed by atoms with Gasteiger partial charge in [0.05, 0.1) is 4.90 Å². The highest BCUT2D eigenvalue weighted by Crippen LogP contribution is 2.20. The van der Waals surface area contributed by atoms with Crippen LogP contribution < -0.4 is 5.32 Å². The lowest BCUT2D eigenvalue weighted by Crippen LogP contribution is -2.22. The summed E-state index contributed by atoms with van der Waals surface area (Å²) in [7, 11) is -0.446. The topological polar surface area (TPSA) is 66.5 Å². The second-order valence-electron chi connectivity index (χ2n) is 5.94. The lowest BCUT2D eigenvalue weighted by atomic mass is 10.1. The molecule has 2 aromatic rings. The molecule has 2 rings (SSSR count). The van der Waals surface area contributed by atoms with Crippen molar-refractivity contribution in [3.8, 4) is 0 Å². The number of carbonyl (C=O) groups excluding carboxylic acids is 1. The summed E-state index contributed by atoms with van der Waals surface area (Å²) in [5.41, 5.74) is 2.54. The van der Waals surface area contributed by atoms with Gasteiger partial charge < -0.3 is 5.32 Å². The molecule has 25 heavy (non-hydrogen) atoms. The van der Waals surface area contributed by atoms with E-state index in [2.05, 4.69) is 5.32 Å². The maximum absolute atomic E-state index is 12.1. The molecule has 0 saturated heterocycles. The molecule has 1 amide bonds. The Labute approximate surface area is 153 Å². The van der Waals surface area contributed by atoms with Gasteiger partial charge in [0.15, 0.2) is 0 Å². The number of amides is 1. The number of halogens is 1. The van der Waals surface area contributed by atoms with Gasteiger partial charge in [0.2, 0.25) is 15.9 Å². The molecule has 0 bridgehead atoms. The summed E-state index contributed by atoms with van der Waals surface area (Å²) in [6.07, 6.45) is 0.836. The zero-order valence-electron chi connectivity index (χ0n) is 14.4. The fraction of sp³-hybridized carbons (Fsp3) is 0.278. The van der Waals surface area contributed by atoms with Crippen LogP contribution in [-0.2, 0) is 21.2 Å². The number of nitrogens with zero attached hydrogens (tertiary/aromatic N) is 1. The van der Waals surface area contributed by atoms with E-state index in [1.54, 1.807) is 42.5 Å². The fourth-order valence-electron chi connectivity index (χ4n) is 2.28. The Hall–Kier alpha value is -1.89. The quantitative estimate of drug-likeness (QED) is 0.834. The maximum atomic E-state index is 12.1. The molecule has 0 spiro atoms. The van der Waals surface area contributed by atoms with E-state index in [9.17, 15) is 13.2 Å². The summed E-state index contributed by atoms with van der Waals surface area (Å²) >= 11 is 5.90. The fourth-order valence-corrected chi connectivity index (χ4v) is 3.41. The highest BCUT2D eigenvalue weighted by atomic mass is 35.5. The van der Waals surface area contributed by atoms with Gasteiger partial charge in [0.1, 0.15) is 0 Å². The SMILES string of the molecule is Cc1cc(Cl)ccc1NC(=O)CCc1ccc(S(=O)(=O)N(C)C)cc1. The van der Waals surface area contributed by atoms with E-state index in [-0.39, 0.29) is 10.8 Å². The van der Waals surface area contributed by atoms with Gasteiger partial charge >= 0.3 is 0 Å². The van der Waals surface area contributed by atoms with Gasteiger partial charge in [0, 0.05) is 31.2 Å². The van der Waals surface area contributed by atoms with Crippen molar-refractivity contribution >= 4 is 33.2 Å². The average molecular weight is 381 g/mol. The van der Waals surface area contributed by atoms with Crippen LogP contribution in [0.5, 0.6) is 0 Å². The third kappa shape index (κ3) is 5.04. The molecule has 0 aliphatic rings. The Morgan fingerprint density at radius 1 is 1.12 bits per heavy atom. The molecule has 2 aromatic carbocycles. The largest absolute Gasteiger partial charge is 0.326 e. The van der Waals surface area contributed by atoms with Gasteiger partial charge in [-0.05, 0) is 54.8 Å². The predicted molar refractivity (Wildman–Crippen MR) is 100 cm³/mol. The lowest BCUT2D eigenvalue weighted by Gasteiger charge is -2.12. The minimum Gasteiger partial charge on any atom is -0.326 e. The summed E-state index contributed by atoms with van der Waals surface area (Å²) in [5.74, 6) is -0.101. The van der Waals surface area contributed by atoms with Gasteiger partial charge in [-0.2, -0.15) is 0 Å². The normalized spacial score (nSPS) is 11.6. The van der Waals surface area contributed by atoms with Crippen LogP contribution in [-0.4, -0.2) is 32.7 Å². The zero-order chi connectivity index (χ0) is 18.6. The standard InChI is InChI=1S/C18H21ClN2O3S/c1-13-12-15(19)7-10-17(13)20-18(22)11-6-14-4-8-16(9-5-14)25(23,24)21(2)3/h4-5,7-10,12H,6,11H2,1-3H3,(H,20,22). The van der Waals surface area contributed by atoms with E-state index >= 15 is 0 Å². The van der Waals surface area contributed by atoms with Gasteiger partial charge in [-0.25, -0.2) is 12.7 Å². The molecule has 0 aromatic heterocycles. The first-order chi connectivity index (χ1) is 11.7. The Morgan fingerprint density at radius 3 is 2.32 bits per heavy atom. The lowest BCUT2D eigenvalue weighted by molar-refractivity contribution is -0.116. The van der Waals surface area contributed by atoms with Crippen molar-refractivity contribution in [2.75, 3.05) is 19.4 Å². The second kappa shape index (κ2) is 7.99. The Bertz CT molecular complexity index is 862. The Kier molecular flexibility index (Phi) is 6.21. The first-order valence-corrected chi connectivity index (χ1v) is 9.59. The summed E-state index contributed by atoms with van der Waals surface area (Å²) in [6.45, 7) is 1.88. The molecule has 1 N–H and O–H groups in total. The number of anilines is 1. The molecular formula is C18H21ClN2O3S. The molecule has 0 aliphatic heterocycles. The van der Waals surface area contributed by atoms with Crippen molar-refractivity contribution in [2.45, 2.75) is 24.7 Å². The van der Waals surface area contributed by atoms with E-state index in [0.29, 0.717) is 17.9 Å². The van der Waals surface area contributed by atoms with E-state index in [0.717, 1.165) is 16.8 Å². The van der Waals surface area contributed by atoms with E-state index in [4.69, 9.17) is 11.6 Å². The van der Waals surface area contributed by atoms with Gasteiger partial charge in [-0.1, -0.05) is 23.7 Å². The number of hydrogen-bond donors (Lipinski definition) is 1. The molecule has 0 fully saturated rings. The number of carbonyl (C=O) groups is 1. The summed E-state index contributed by atoms with van der Waals surface area (Å²) in [5, 5.41) is 3.49. The highest BCUT2D eigenvalue weighted by Gasteiger charge is 2.16. The Morgan fingerprint density at radius 2 is 1.76 bits per heavy atom. The Balaban J connectivity index is 1.96. The molecule has 0 heterocycles. The van der Waals surface area contributed by atoms with E-state index in [1.165, 1.54) is 18.4 Å². The number of aryl methyl sites for hydroxylation is 2. The van der Waals surface area contributed by atoms with Gasteiger partial charge in [0.25, 0.3) is 0 Å². The van der Waals surface area contributed by atoms with Crippen LogP contribution in [0, 0.1) is 6.92 Å². The number of sulfonamides is 1. The van der Waals surface area contributed by atoms with Crippen LogP contribution >= 0.6 is 11.6 Å². The van der Waals surface area contributed by atoms with Crippen LogP contribution in [0.4, 0.5) is 5.69 Å². The molecule has 0 atom stereocenters. The molecule has 7 heteroatoms. The van der Waals surface area contributed by atoms with Crippen LogP contribution in [0.25, 0.3) is 0 Å². The zero-order valence-corrected chi connectivity index (χ0v) is 16.0. The predicted octanol–water partition coefficient (Wildman–Crippen LogP) is 3.47. The summed E-state index contributed by atoms with van der Waals surface area (Å²) < 4.78 is 25.2. The van der Waals surface area contributed by atoms with Gasteiger partial charge in [-0.15, -0.1) is 0 Å². The first-order valence-electron chi connectivity index (χ1n) is 7.77. The molecule has 134 valence electrons. The van der Waals surface area contributed by atoms with Crippen LogP contribution in [0.2, 0.25) is 5.02 Å². The van der Waals surface area contributed by atoms with Crippen molar-refractivity contribution < 1.29 is 13.2 Å². The monoisotopic (exact) mass is 380 g/mol. The first kappa shape index (κ1) is 19.4. The third-order valence-corrected chi connectivity index (χ3v) is 5.87. The smallest absolute Gasteiger partial charge is 0.242 e. The molecule has 0 saturated carbocycles. The molecule has 0 unspecified atom stereocenters. The minimum absolute atomic E-state index is 0.101. The van der Waals surface area contributed by atoms with E-state index < -0.39 is 10.0 Å². The average Bonchev–Trinajstić information content (AvgIpc) is 2.56. The molecular weight excluding hydrogens is 360 g/mol. The van der Waals surface area contributed by atoms with Crippen LogP contribution in [0.1, 0.15) is 17.5 Å². The highest BCUT2D eigenvalue weighted by molar-refractivity contribution is 7.89. The van der Waals surface area contributed by atoms with Crippen molar-refractivity contribution in [3.05, 3.63) is 58.6 Å². The summed E-state index contributed by atoms with van der Waals surface area (Å²) in [4.78, 5) is 12.3. The number of hydrogen-bond acceptors (Lipinski definition) is 3. The van der Waals surface area contributed by atoms with Crippen molar-refractivity contribution in [1.29, 1.82) is 0 Å². The van der Waals surface area contributed by atoms with Crippen molar-refractivity contribution in [1.82, 2.24) is 4.31 Å². The van der Waals surface area contributed by atoms with Crippen molar-refractivity contribution in [2.24, 2.45) is 0 Å². The maximum Gasteiger partial charge on any atom is 0.242 e. The van der Waals surface area contributed by atoms with E-state index in [1.807, 2.05) is 6.92 Å². The third-order valence-electron chi connectivity index (χ3n) is 3.81. The number of benzene rings is 2. The van der Waals surface area contributed by atoms with Crippen LogP contribution in [0.3, 0.4) is 0 Å². The molecule has 0 radical (unpaired) electrons. The molecule has 5 nitrogen and oxygen atoms in total. The van der Waals surface area contributed by atoms with Crippen molar-refractivity contribution in [3.63, 3.8) is 0 Å². The second-order valence-corrected chi connectivity index (χ2v) is 8.53. The van der Waals surface area contributed by atoms with Crippen LogP contribution in [0.15, 0.2) is 47.4 Å². The van der Waals surface area contributed by atoms with Gasteiger partial charge in [-0.3, -0.25) is 4.79 Å². The molecule has 0 aliphatic carbocycles. The number of nitrogens with one attached hydrogen (secondary N) is 1.